The van der Waals surface area contributed by atoms with E-state index in [-0.39, 0.29) is 5.91 Å². The molecule has 1 amide bonds. The van der Waals surface area contributed by atoms with E-state index in [1.54, 1.807) is 25.2 Å². The molecule has 4 nitrogen and oxygen atoms in total. The van der Waals surface area contributed by atoms with Gasteiger partial charge in [0.15, 0.2) is 0 Å². The highest BCUT2D eigenvalue weighted by molar-refractivity contribution is 6.42. The first-order valence-electron chi connectivity index (χ1n) is 5.34. The Morgan fingerprint density at radius 3 is 2.61 bits per heavy atom. The van der Waals surface area contributed by atoms with Crippen LogP contribution in [0.2, 0.25) is 10.0 Å². The third-order valence-corrected chi connectivity index (χ3v) is 3.06. The normalized spacial score (nSPS) is 11.2. The highest BCUT2D eigenvalue weighted by Crippen LogP contribution is 2.23. The largest absolute Gasteiger partial charge is 0.399 e. The zero-order valence-corrected chi connectivity index (χ0v) is 11.7. The summed E-state index contributed by atoms with van der Waals surface area (Å²) in [6.45, 7) is 0. The number of hydrogen-bond donors (Lipinski definition) is 1. The highest BCUT2D eigenvalue weighted by atomic mass is 35.5. The second-order valence-electron chi connectivity index (χ2n) is 3.52. The van der Waals surface area contributed by atoms with Crippen LogP contribution in [0.15, 0.2) is 23.4 Å². The Morgan fingerprint density at radius 1 is 1.33 bits per heavy atom. The molecule has 0 aliphatic heterocycles. The lowest BCUT2D eigenvalue weighted by Crippen LogP contribution is -2.18. The first-order valence-corrected chi connectivity index (χ1v) is 6.10. The maximum atomic E-state index is 11.2. The smallest absolute Gasteiger partial charge is 0.220 e. The number of benzene rings is 1. The van der Waals surface area contributed by atoms with Gasteiger partial charge in [0.2, 0.25) is 5.91 Å². The second-order valence-corrected chi connectivity index (χ2v) is 4.34. The molecule has 0 spiro atoms. The molecule has 0 bridgehead atoms. The van der Waals surface area contributed by atoms with Gasteiger partial charge in [0, 0.05) is 25.5 Å². The number of nitrogens with one attached hydrogen (secondary N) is 1. The molecule has 0 saturated heterocycles. The molecule has 0 unspecified atom stereocenters. The second kappa shape index (κ2) is 7.24. The van der Waals surface area contributed by atoms with Crippen molar-refractivity contribution in [2.75, 3.05) is 14.2 Å². The molecule has 0 aliphatic rings. The number of carbonyl (C=O) groups is 1. The first kappa shape index (κ1) is 14.8. The van der Waals surface area contributed by atoms with Crippen LogP contribution in [-0.4, -0.2) is 25.8 Å². The van der Waals surface area contributed by atoms with Gasteiger partial charge in [-0.1, -0.05) is 34.4 Å². The first-order chi connectivity index (χ1) is 8.58. The van der Waals surface area contributed by atoms with Crippen molar-refractivity contribution in [2.45, 2.75) is 12.8 Å². The van der Waals surface area contributed by atoms with E-state index in [4.69, 9.17) is 28.0 Å². The monoisotopic (exact) mass is 288 g/mol. The van der Waals surface area contributed by atoms with E-state index in [1.807, 2.05) is 0 Å². The lowest BCUT2D eigenvalue weighted by atomic mass is 10.1. The molecule has 0 heterocycles. The summed E-state index contributed by atoms with van der Waals surface area (Å²) in [4.78, 5) is 16.0. The quantitative estimate of drug-likeness (QED) is 0.669. The van der Waals surface area contributed by atoms with E-state index in [9.17, 15) is 4.79 Å². The van der Waals surface area contributed by atoms with Crippen molar-refractivity contribution in [3.05, 3.63) is 33.8 Å². The molecule has 0 aliphatic carbocycles. The maximum Gasteiger partial charge on any atom is 0.220 e. The topological polar surface area (TPSA) is 50.7 Å². The number of amides is 1. The van der Waals surface area contributed by atoms with Crippen LogP contribution in [0, 0.1) is 0 Å². The summed E-state index contributed by atoms with van der Waals surface area (Å²) >= 11 is 11.8. The van der Waals surface area contributed by atoms with Crippen LogP contribution in [-0.2, 0) is 9.63 Å². The Bertz CT molecular complexity index is 461. The van der Waals surface area contributed by atoms with E-state index in [2.05, 4.69) is 10.5 Å². The van der Waals surface area contributed by atoms with Gasteiger partial charge in [-0.3, -0.25) is 4.79 Å². The molecule has 1 rings (SSSR count). The van der Waals surface area contributed by atoms with Crippen LogP contribution in [0.25, 0.3) is 0 Å². The van der Waals surface area contributed by atoms with Crippen molar-refractivity contribution >= 4 is 34.8 Å². The summed E-state index contributed by atoms with van der Waals surface area (Å²) in [5.41, 5.74) is 1.44. The van der Waals surface area contributed by atoms with Crippen molar-refractivity contribution in [1.82, 2.24) is 5.32 Å². The van der Waals surface area contributed by atoms with Crippen molar-refractivity contribution in [3.63, 3.8) is 0 Å². The molecule has 0 fully saturated rings. The van der Waals surface area contributed by atoms with Gasteiger partial charge in [-0.15, -0.1) is 0 Å². The Labute approximate surface area is 116 Å². The predicted molar refractivity (Wildman–Crippen MR) is 73.3 cm³/mol. The maximum absolute atomic E-state index is 11.2. The molecular formula is C12H14Cl2N2O2. The van der Waals surface area contributed by atoms with Crippen LogP contribution in [0.3, 0.4) is 0 Å². The molecule has 98 valence electrons. The van der Waals surface area contributed by atoms with Gasteiger partial charge < -0.3 is 10.2 Å². The highest BCUT2D eigenvalue weighted by Gasteiger charge is 2.09. The molecule has 18 heavy (non-hydrogen) atoms. The van der Waals surface area contributed by atoms with Gasteiger partial charge in [-0.05, 0) is 12.1 Å². The zero-order chi connectivity index (χ0) is 13.5. The van der Waals surface area contributed by atoms with Crippen molar-refractivity contribution in [3.8, 4) is 0 Å². The molecule has 1 aromatic rings. The third kappa shape index (κ3) is 4.20. The lowest BCUT2D eigenvalue weighted by molar-refractivity contribution is -0.120. The Morgan fingerprint density at radius 2 is 2.06 bits per heavy atom. The zero-order valence-electron chi connectivity index (χ0n) is 10.2. The lowest BCUT2D eigenvalue weighted by Gasteiger charge is -2.06. The molecule has 6 heteroatoms. The van der Waals surface area contributed by atoms with E-state index >= 15 is 0 Å². The Balaban J connectivity index is 2.87. The van der Waals surface area contributed by atoms with Gasteiger partial charge in [-0.2, -0.15) is 0 Å². The number of hydrogen-bond acceptors (Lipinski definition) is 3. The number of carbonyl (C=O) groups excluding carboxylic acids is 1. The SMILES string of the molecule is CNC(=O)CCC(=NOC)c1ccc(Cl)c(Cl)c1. The average Bonchev–Trinajstić information content (AvgIpc) is 2.37. The minimum atomic E-state index is -0.0566. The number of oxime groups is 1. The average molecular weight is 289 g/mol. The summed E-state index contributed by atoms with van der Waals surface area (Å²) in [7, 11) is 3.05. The van der Waals surface area contributed by atoms with Crippen LogP contribution < -0.4 is 5.32 Å². The fourth-order valence-corrected chi connectivity index (χ4v) is 1.68. The molecule has 0 radical (unpaired) electrons. The van der Waals surface area contributed by atoms with E-state index in [1.165, 1.54) is 7.11 Å². The Kier molecular flexibility index (Phi) is 5.95. The number of rotatable bonds is 5. The van der Waals surface area contributed by atoms with Crippen LogP contribution in [0.4, 0.5) is 0 Å². The summed E-state index contributed by atoms with van der Waals surface area (Å²) in [6, 6.07) is 5.17. The van der Waals surface area contributed by atoms with Crippen molar-refractivity contribution in [2.24, 2.45) is 5.16 Å². The summed E-state index contributed by atoms with van der Waals surface area (Å²) < 4.78 is 0. The number of nitrogens with zero attached hydrogens (tertiary/aromatic N) is 1. The summed E-state index contributed by atoms with van der Waals surface area (Å²) in [6.07, 6.45) is 0.796. The van der Waals surface area contributed by atoms with Crippen LogP contribution in [0.1, 0.15) is 18.4 Å². The molecule has 1 aromatic carbocycles. The minimum Gasteiger partial charge on any atom is -0.399 e. The van der Waals surface area contributed by atoms with Crippen molar-refractivity contribution in [1.29, 1.82) is 0 Å². The predicted octanol–water partition coefficient (Wildman–Crippen LogP) is 2.87. The minimum absolute atomic E-state index is 0.0566. The molecule has 1 N–H and O–H groups in total. The molecule has 0 aromatic heterocycles. The summed E-state index contributed by atoms with van der Waals surface area (Å²) in [5, 5.41) is 7.38. The molecule has 0 atom stereocenters. The van der Waals surface area contributed by atoms with Crippen LogP contribution >= 0.6 is 23.2 Å². The van der Waals surface area contributed by atoms with Crippen molar-refractivity contribution < 1.29 is 9.63 Å². The van der Waals surface area contributed by atoms with E-state index in [0.29, 0.717) is 28.6 Å². The fourth-order valence-electron chi connectivity index (χ4n) is 1.39. The fraction of sp³-hybridized carbons (Fsp3) is 0.333. The summed E-state index contributed by atoms with van der Waals surface area (Å²) in [5.74, 6) is -0.0566. The van der Waals surface area contributed by atoms with Crippen LogP contribution in [0.5, 0.6) is 0 Å². The Hall–Kier alpha value is -1.26. The van der Waals surface area contributed by atoms with E-state index in [0.717, 1.165) is 5.56 Å². The van der Waals surface area contributed by atoms with Gasteiger partial charge >= 0.3 is 0 Å². The third-order valence-electron chi connectivity index (χ3n) is 2.32. The van der Waals surface area contributed by atoms with E-state index < -0.39 is 0 Å². The molecular weight excluding hydrogens is 275 g/mol. The van der Waals surface area contributed by atoms with Gasteiger partial charge in [-0.25, -0.2) is 0 Å². The standard InChI is InChI=1S/C12H14Cl2N2O2/c1-15-12(17)6-5-11(16-18-2)8-3-4-9(13)10(14)7-8/h3-4,7H,5-6H2,1-2H3,(H,15,17). The van der Waals surface area contributed by atoms with Gasteiger partial charge in [0.05, 0.1) is 15.8 Å². The van der Waals surface area contributed by atoms with Gasteiger partial charge in [0.1, 0.15) is 7.11 Å². The number of halogens is 2. The van der Waals surface area contributed by atoms with Gasteiger partial charge in [0.25, 0.3) is 0 Å². The molecule has 0 saturated carbocycles.